The van der Waals surface area contributed by atoms with Gasteiger partial charge in [0.25, 0.3) is 0 Å². The molecule has 1 saturated heterocycles. The minimum Gasteiger partial charge on any atom is -0.465 e. The number of hydrogen-bond donors (Lipinski definition) is 3. The Labute approximate surface area is 96.4 Å². The van der Waals surface area contributed by atoms with E-state index in [0.717, 1.165) is 6.54 Å². The first-order valence-corrected chi connectivity index (χ1v) is 5.71. The van der Waals surface area contributed by atoms with Crippen LogP contribution in [0.25, 0.3) is 0 Å². The quantitative estimate of drug-likeness (QED) is 0.654. The Kier molecular flexibility index (Phi) is 4.15. The number of rotatable bonds is 2. The van der Waals surface area contributed by atoms with Crippen molar-refractivity contribution >= 4 is 6.09 Å². The zero-order valence-electron chi connectivity index (χ0n) is 10.2. The Morgan fingerprint density at radius 3 is 2.56 bits per heavy atom. The van der Waals surface area contributed by atoms with Crippen LogP contribution in [0.4, 0.5) is 4.79 Å². The molecule has 0 saturated carbocycles. The predicted octanol–water partition coefficient (Wildman–Crippen LogP) is 0.735. The number of amides is 1. The second-order valence-corrected chi connectivity index (χ2v) is 5.38. The molecule has 1 rings (SSSR count). The Morgan fingerprint density at radius 2 is 2.12 bits per heavy atom. The van der Waals surface area contributed by atoms with E-state index in [1.807, 2.05) is 20.8 Å². The van der Waals surface area contributed by atoms with Crippen molar-refractivity contribution < 1.29 is 15.0 Å². The van der Waals surface area contributed by atoms with Crippen molar-refractivity contribution in [1.29, 1.82) is 0 Å². The van der Waals surface area contributed by atoms with Gasteiger partial charge in [-0.15, -0.1) is 0 Å². The fourth-order valence-corrected chi connectivity index (χ4v) is 1.97. The molecule has 16 heavy (non-hydrogen) atoms. The number of aliphatic hydroxyl groups excluding tert-OH is 1. The summed E-state index contributed by atoms with van der Waals surface area (Å²) >= 11 is 0. The summed E-state index contributed by atoms with van der Waals surface area (Å²) in [7, 11) is 0. The summed E-state index contributed by atoms with van der Waals surface area (Å²) in [5.41, 5.74) is -0.428. The van der Waals surface area contributed by atoms with E-state index in [4.69, 9.17) is 5.11 Å². The van der Waals surface area contributed by atoms with E-state index in [0.29, 0.717) is 19.5 Å². The molecule has 5 heteroatoms. The lowest BCUT2D eigenvalue weighted by Crippen LogP contribution is -2.52. The molecule has 0 aliphatic carbocycles. The minimum atomic E-state index is -0.926. The molecule has 1 aliphatic heterocycles. The van der Waals surface area contributed by atoms with E-state index in [1.54, 1.807) is 0 Å². The van der Waals surface area contributed by atoms with Gasteiger partial charge in [-0.3, -0.25) is 0 Å². The highest BCUT2D eigenvalue weighted by atomic mass is 16.4. The summed E-state index contributed by atoms with van der Waals surface area (Å²) in [6.45, 7) is 7.46. The number of carbonyl (C=O) groups is 1. The fourth-order valence-electron chi connectivity index (χ4n) is 1.97. The first-order valence-electron chi connectivity index (χ1n) is 5.71. The number of aliphatic hydroxyl groups is 1. The van der Waals surface area contributed by atoms with Crippen LogP contribution in [0.5, 0.6) is 0 Å². The van der Waals surface area contributed by atoms with Crippen LogP contribution in [-0.2, 0) is 0 Å². The molecular formula is C11H22N2O3. The van der Waals surface area contributed by atoms with Crippen molar-refractivity contribution in [2.24, 2.45) is 5.92 Å². The summed E-state index contributed by atoms with van der Waals surface area (Å²) < 4.78 is 0. The van der Waals surface area contributed by atoms with Crippen molar-refractivity contribution in [3.63, 3.8) is 0 Å². The topological polar surface area (TPSA) is 72.8 Å². The average molecular weight is 230 g/mol. The Hall–Kier alpha value is -0.810. The molecule has 0 aromatic carbocycles. The lowest BCUT2D eigenvalue weighted by Gasteiger charge is -2.38. The molecule has 1 aliphatic rings. The smallest absolute Gasteiger partial charge is 0.407 e. The molecule has 0 radical (unpaired) electrons. The third-order valence-electron chi connectivity index (χ3n) is 3.03. The molecule has 5 nitrogen and oxygen atoms in total. The van der Waals surface area contributed by atoms with Crippen LogP contribution in [0, 0.1) is 5.92 Å². The second-order valence-electron chi connectivity index (χ2n) is 5.38. The van der Waals surface area contributed by atoms with E-state index in [-0.39, 0.29) is 5.92 Å². The average Bonchev–Trinajstić information content (AvgIpc) is 2.14. The van der Waals surface area contributed by atoms with Gasteiger partial charge in [0, 0.05) is 24.5 Å². The summed E-state index contributed by atoms with van der Waals surface area (Å²) in [6.07, 6.45) is -0.627. The summed E-state index contributed by atoms with van der Waals surface area (Å²) in [4.78, 5) is 12.5. The van der Waals surface area contributed by atoms with E-state index < -0.39 is 17.7 Å². The van der Waals surface area contributed by atoms with Crippen LogP contribution in [0.1, 0.15) is 27.2 Å². The third kappa shape index (κ3) is 3.35. The van der Waals surface area contributed by atoms with Gasteiger partial charge in [0.15, 0.2) is 0 Å². The van der Waals surface area contributed by atoms with E-state index in [9.17, 15) is 9.90 Å². The summed E-state index contributed by atoms with van der Waals surface area (Å²) in [5, 5.41) is 22.1. The van der Waals surface area contributed by atoms with Crippen LogP contribution in [0.3, 0.4) is 0 Å². The molecule has 1 heterocycles. The standard InChI is InChI=1S/C11H22N2O3/c1-11(2,3)13(10(15)16)7-8-6-12-5-4-9(8)14/h8-9,12,14H,4-7H2,1-3H3,(H,15,16)/t8-,9-/m0/s1. The monoisotopic (exact) mass is 230 g/mol. The third-order valence-corrected chi connectivity index (χ3v) is 3.03. The SMILES string of the molecule is CC(C)(C)N(C[C@@H]1CNCC[C@@H]1O)C(=O)O. The largest absolute Gasteiger partial charge is 0.465 e. The van der Waals surface area contributed by atoms with Gasteiger partial charge in [-0.25, -0.2) is 4.79 Å². The van der Waals surface area contributed by atoms with Crippen molar-refractivity contribution in [3.8, 4) is 0 Å². The zero-order valence-corrected chi connectivity index (χ0v) is 10.2. The van der Waals surface area contributed by atoms with Crippen LogP contribution in [0.15, 0.2) is 0 Å². The van der Waals surface area contributed by atoms with Crippen LogP contribution in [-0.4, -0.2) is 52.5 Å². The molecule has 0 aromatic rings. The van der Waals surface area contributed by atoms with E-state index >= 15 is 0 Å². The van der Waals surface area contributed by atoms with Gasteiger partial charge in [0.2, 0.25) is 0 Å². The summed E-state index contributed by atoms with van der Waals surface area (Å²) in [5.74, 6) is -0.0101. The summed E-state index contributed by atoms with van der Waals surface area (Å²) in [6, 6.07) is 0. The molecule has 0 spiro atoms. The predicted molar refractivity (Wildman–Crippen MR) is 61.5 cm³/mol. The van der Waals surface area contributed by atoms with Gasteiger partial charge < -0.3 is 20.4 Å². The van der Waals surface area contributed by atoms with Crippen LogP contribution < -0.4 is 5.32 Å². The van der Waals surface area contributed by atoms with Crippen LogP contribution in [0.2, 0.25) is 0 Å². The molecule has 94 valence electrons. The van der Waals surface area contributed by atoms with Gasteiger partial charge >= 0.3 is 6.09 Å². The normalized spacial score (nSPS) is 26.5. The van der Waals surface area contributed by atoms with Gasteiger partial charge in [0.1, 0.15) is 0 Å². The maximum Gasteiger partial charge on any atom is 0.407 e. The molecule has 3 N–H and O–H groups in total. The second kappa shape index (κ2) is 5.01. The molecule has 0 bridgehead atoms. The number of hydrogen-bond acceptors (Lipinski definition) is 3. The van der Waals surface area contributed by atoms with Crippen molar-refractivity contribution in [2.75, 3.05) is 19.6 Å². The Bertz CT molecular complexity index is 250. The number of piperidine rings is 1. The highest BCUT2D eigenvalue weighted by Gasteiger charge is 2.32. The van der Waals surface area contributed by atoms with Gasteiger partial charge in [-0.1, -0.05) is 0 Å². The zero-order chi connectivity index (χ0) is 12.3. The molecular weight excluding hydrogens is 208 g/mol. The number of nitrogens with one attached hydrogen (secondary N) is 1. The lowest BCUT2D eigenvalue weighted by molar-refractivity contribution is 0.0327. The number of carboxylic acid groups (broad SMARTS) is 1. The fraction of sp³-hybridized carbons (Fsp3) is 0.909. The van der Waals surface area contributed by atoms with Crippen LogP contribution >= 0.6 is 0 Å². The Balaban J connectivity index is 2.64. The van der Waals surface area contributed by atoms with Gasteiger partial charge in [0.05, 0.1) is 6.10 Å². The lowest BCUT2D eigenvalue weighted by atomic mass is 9.94. The first-order chi connectivity index (χ1) is 7.32. The highest BCUT2D eigenvalue weighted by molar-refractivity contribution is 5.66. The van der Waals surface area contributed by atoms with Crippen molar-refractivity contribution in [1.82, 2.24) is 10.2 Å². The van der Waals surface area contributed by atoms with Crippen molar-refractivity contribution in [3.05, 3.63) is 0 Å². The highest BCUT2D eigenvalue weighted by Crippen LogP contribution is 2.19. The molecule has 2 atom stereocenters. The molecule has 1 amide bonds. The molecule has 0 unspecified atom stereocenters. The molecule has 1 fully saturated rings. The van der Waals surface area contributed by atoms with E-state index in [2.05, 4.69) is 5.32 Å². The first kappa shape index (κ1) is 13.3. The van der Waals surface area contributed by atoms with Gasteiger partial charge in [-0.2, -0.15) is 0 Å². The maximum atomic E-state index is 11.2. The minimum absolute atomic E-state index is 0.0101. The molecule has 0 aromatic heterocycles. The Morgan fingerprint density at radius 1 is 1.50 bits per heavy atom. The number of nitrogens with zero attached hydrogens (tertiary/aromatic N) is 1. The maximum absolute atomic E-state index is 11.2. The van der Waals surface area contributed by atoms with Gasteiger partial charge in [-0.05, 0) is 33.7 Å². The van der Waals surface area contributed by atoms with E-state index in [1.165, 1.54) is 4.90 Å². The van der Waals surface area contributed by atoms with Crippen molar-refractivity contribution in [2.45, 2.75) is 38.8 Å².